The Hall–Kier alpha value is -2.21. The largest absolute Gasteiger partial charge is 0.416 e. The lowest BCUT2D eigenvalue weighted by molar-refractivity contribution is -0.137. The zero-order chi connectivity index (χ0) is 16.5. The van der Waals surface area contributed by atoms with Crippen molar-refractivity contribution < 1.29 is 18.0 Å². The number of hydrogen-bond donors (Lipinski definition) is 2. The number of nitrogen functional groups attached to an aromatic ring is 1. The van der Waals surface area contributed by atoms with Crippen LogP contribution in [-0.2, 0) is 6.18 Å². The maximum absolute atomic E-state index is 12.7. The Morgan fingerprint density at radius 3 is 2.55 bits per heavy atom. The molecule has 2 aromatic rings. The monoisotopic (exact) mass is 328 g/mol. The molecule has 0 unspecified atom stereocenters. The summed E-state index contributed by atoms with van der Waals surface area (Å²) < 4.78 is 38.1. The smallest absolute Gasteiger partial charge is 0.398 e. The number of anilines is 2. The van der Waals surface area contributed by atoms with Crippen LogP contribution in [0.15, 0.2) is 36.4 Å². The summed E-state index contributed by atoms with van der Waals surface area (Å²) in [5.41, 5.74) is 5.94. The van der Waals surface area contributed by atoms with Crippen molar-refractivity contribution in [2.75, 3.05) is 11.1 Å². The summed E-state index contributed by atoms with van der Waals surface area (Å²) >= 11 is 5.84. The molecule has 3 N–H and O–H groups in total. The van der Waals surface area contributed by atoms with Gasteiger partial charge in [0, 0.05) is 11.3 Å². The van der Waals surface area contributed by atoms with Gasteiger partial charge in [-0.15, -0.1) is 0 Å². The summed E-state index contributed by atoms with van der Waals surface area (Å²) in [5.74, 6) is -0.578. The van der Waals surface area contributed by atoms with Crippen LogP contribution in [-0.4, -0.2) is 5.91 Å². The molecule has 0 saturated heterocycles. The number of hydrogen-bond acceptors (Lipinski definition) is 2. The Kier molecular flexibility index (Phi) is 4.32. The summed E-state index contributed by atoms with van der Waals surface area (Å²) in [7, 11) is 0. The van der Waals surface area contributed by atoms with Gasteiger partial charge in [-0.05, 0) is 42.8 Å². The molecule has 0 radical (unpaired) electrons. The van der Waals surface area contributed by atoms with E-state index in [0.717, 1.165) is 18.2 Å². The number of nitrogens with two attached hydrogens (primary N) is 1. The summed E-state index contributed by atoms with van der Waals surface area (Å²) in [4.78, 5) is 12.2. The van der Waals surface area contributed by atoms with Crippen LogP contribution < -0.4 is 11.1 Å². The number of benzene rings is 2. The van der Waals surface area contributed by atoms with Crippen LogP contribution >= 0.6 is 11.6 Å². The highest BCUT2D eigenvalue weighted by Gasteiger charge is 2.31. The van der Waals surface area contributed by atoms with Crippen LogP contribution in [0, 0.1) is 6.92 Å². The fourth-order valence-electron chi connectivity index (χ4n) is 1.89. The van der Waals surface area contributed by atoms with Gasteiger partial charge in [-0.3, -0.25) is 4.79 Å². The van der Waals surface area contributed by atoms with Crippen molar-refractivity contribution >= 4 is 28.9 Å². The van der Waals surface area contributed by atoms with E-state index in [-0.39, 0.29) is 16.3 Å². The van der Waals surface area contributed by atoms with E-state index >= 15 is 0 Å². The molecule has 22 heavy (non-hydrogen) atoms. The van der Waals surface area contributed by atoms with Crippen molar-refractivity contribution in [3.05, 3.63) is 58.1 Å². The quantitative estimate of drug-likeness (QED) is 0.797. The molecule has 2 aromatic carbocycles. The fourth-order valence-corrected chi connectivity index (χ4v) is 2.05. The Morgan fingerprint density at radius 2 is 1.91 bits per heavy atom. The summed E-state index contributed by atoms with van der Waals surface area (Å²) in [6.07, 6.45) is -4.52. The molecule has 0 aliphatic rings. The van der Waals surface area contributed by atoms with E-state index in [1.54, 1.807) is 19.1 Å². The first-order valence-corrected chi connectivity index (χ1v) is 6.61. The predicted molar refractivity (Wildman–Crippen MR) is 80.0 cm³/mol. The van der Waals surface area contributed by atoms with Gasteiger partial charge in [0.2, 0.25) is 0 Å². The second kappa shape index (κ2) is 5.88. The van der Waals surface area contributed by atoms with E-state index in [1.807, 2.05) is 0 Å². The molecule has 0 aliphatic heterocycles. The maximum Gasteiger partial charge on any atom is 0.416 e. The van der Waals surface area contributed by atoms with Gasteiger partial charge >= 0.3 is 6.18 Å². The van der Waals surface area contributed by atoms with Crippen LogP contribution in [0.5, 0.6) is 0 Å². The SMILES string of the molecule is Cc1c(N)cccc1C(=O)Nc1cc(C(F)(F)F)ccc1Cl. The maximum atomic E-state index is 12.7. The third-order valence-electron chi connectivity index (χ3n) is 3.16. The van der Waals surface area contributed by atoms with Crippen molar-refractivity contribution in [2.24, 2.45) is 0 Å². The Morgan fingerprint density at radius 1 is 1.23 bits per heavy atom. The minimum absolute atomic E-state index is 0.0166. The lowest BCUT2D eigenvalue weighted by atomic mass is 10.1. The third kappa shape index (κ3) is 3.33. The molecule has 116 valence electrons. The van der Waals surface area contributed by atoms with Gasteiger partial charge in [-0.2, -0.15) is 13.2 Å². The van der Waals surface area contributed by atoms with Gasteiger partial charge in [0.25, 0.3) is 5.91 Å². The van der Waals surface area contributed by atoms with E-state index in [1.165, 1.54) is 6.07 Å². The minimum Gasteiger partial charge on any atom is -0.398 e. The van der Waals surface area contributed by atoms with E-state index < -0.39 is 17.6 Å². The van der Waals surface area contributed by atoms with Crippen molar-refractivity contribution in [2.45, 2.75) is 13.1 Å². The lowest BCUT2D eigenvalue weighted by Crippen LogP contribution is -2.15. The molecule has 0 aromatic heterocycles. The number of nitrogens with one attached hydrogen (secondary N) is 1. The van der Waals surface area contributed by atoms with Crippen LogP contribution in [0.1, 0.15) is 21.5 Å². The lowest BCUT2D eigenvalue weighted by Gasteiger charge is -2.13. The second-order valence-electron chi connectivity index (χ2n) is 4.67. The second-order valence-corrected chi connectivity index (χ2v) is 5.07. The van der Waals surface area contributed by atoms with Crippen molar-refractivity contribution in [1.29, 1.82) is 0 Å². The first-order valence-electron chi connectivity index (χ1n) is 6.23. The molecule has 0 atom stereocenters. The minimum atomic E-state index is -4.52. The molecule has 3 nitrogen and oxygen atoms in total. The zero-order valence-corrected chi connectivity index (χ0v) is 12.2. The van der Waals surface area contributed by atoms with Crippen molar-refractivity contribution in [3.8, 4) is 0 Å². The van der Waals surface area contributed by atoms with E-state index in [4.69, 9.17) is 17.3 Å². The van der Waals surface area contributed by atoms with Crippen LogP contribution in [0.25, 0.3) is 0 Å². The Labute approximate surface area is 129 Å². The van der Waals surface area contributed by atoms with Crippen LogP contribution in [0.3, 0.4) is 0 Å². The number of carbonyl (C=O) groups is 1. The molecule has 7 heteroatoms. The normalized spacial score (nSPS) is 11.3. The molecule has 0 aliphatic carbocycles. The van der Waals surface area contributed by atoms with Gasteiger partial charge in [0.1, 0.15) is 0 Å². The van der Waals surface area contributed by atoms with Gasteiger partial charge in [-0.1, -0.05) is 17.7 Å². The Bertz CT molecular complexity index is 729. The van der Waals surface area contributed by atoms with Crippen molar-refractivity contribution in [1.82, 2.24) is 0 Å². The molecule has 0 fully saturated rings. The zero-order valence-electron chi connectivity index (χ0n) is 11.5. The predicted octanol–water partition coefficient (Wildman–Crippen LogP) is 4.50. The highest BCUT2D eigenvalue weighted by atomic mass is 35.5. The fraction of sp³-hybridized carbons (Fsp3) is 0.133. The molecular formula is C15H12ClF3N2O. The highest BCUT2D eigenvalue weighted by Crippen LogP contribution is 2.34. The van der Waals surface area contributed by atoms with Gasteiger partial charge < -0.3 is 11.1 Å². The summed E-state index contributed by atoms with van der Waals surface area (Å²) in [6.45, 7) is 1.65. The first-order chi connectivity index (χ1) is 10.2. The number of amides is 1. The molecule has 0 saturated carbocycles. The van der Waals surface area contributed by atoms with Gasteiger partial charge in [0.05, 0.1) is 16.3 Å². The summed E-state index contributed by atoms with van der Waals surface area (Å²) in [6, 6.07) is 7.48. The van der Waals surface area contributed by atoms with E-state index in [2.05, 4.69) is 5.32 Å². The average molecular weight is 329 g/mol. The number of rotatable bonds is 2. The van der Waals surface area contributed by atoms with E-state index in [0.29, 0.717) is 11.3 Å². The molecule has 0 spiro atoms. The van der Waals surface area contributed by atoms with Crippen molar-refractivity contribution in [3.63, 3.8) is 0 Å². The van der Waals surface area contributed by atoms with Gasteiger partial charge in [0.15, 0.2) is 0 Å². The van der Waals surface area contributed by atoms with Gasteiger partial charge in [-0.25, -0.2) is 0 Å². The molecule has 2 rings (SSSR count). The number of halogens is 4. The highest BCUT2D eigenvalue weighted by molar-refractivity contribution is 6.34. The van der Waals surface area contributed by atoms with Crippen LogP contribution in [0.2, 0.25) is 5.02 Å². The number of carbonyl (C=O) groups excluding carboxylic acids is 1. The number of alkyl halides is 3. The van der Waals surface area contributed by atoms with Crippen LogP contribution in [0.4, 0.5) is 24.5 Å². The standard InChI is InChI=1S/C15H12ClF3N2O/c1-8-10(3-2-4-12(8)20)14(22)21-13-7-9(15(17,18)19)5-6-11(13)16/h2-7H,20H2,1H3,(H,21,22). The molecule has 0 heterocycles. The van der Waals surface area contributed by atoms with E-state index in [9.17, 15) is 18.0 Å². The Balaban J connectivity index is 2.34. The first kappa shape index (κ1) is 16.2. The summed E-state index contributed by atoms with van der Waals surface area (Å²) in [5, 5.41) is 2.40. The average Bonchev–Trinajstić information content (AvgIpc) is 2.43. The molecule has 1 amide bonds. The molecule has 0 bridgehead atoms. The molecular weight excluding hydrogens is 317 g/mol. The topological polar surface area (TPSA) is 55.1 Å². The third-order valence-corrected chi connectivity index (χ3v) is 3.49.